The Morgan fingerprint density at radius 1 is 1.16 bits per heavy atom. The van der Waals surface area contributed by atoms with E-state index in [9.17, 15) is 19.2 Å². The SMILES string of the molecule is CCCCC/C=C\CC1=CC2C(=O)[C@]1(OC(C)=O)C=CC2[C@@H](CCC(=O)OC)OC(C)=O. The number of hydrogen-bond donors (Lipinski definition) is 0. The van der Waals surface area contributed by atoms with Crippen LogP contribution in [-0.4, -0.2) is 42.5 Å². The Hall–Kier alpha value is -2.70. The van der Waals surface area contributed by atoms with Crippen LogP contribution >= 0.6 is 0 Å². The number of rotatable bonds is 12. The number of carbonyl (C=O) groups is 4. The molecule has 0 aromatic rings. The molecular weight excluding hydrogens is 412 g/mol. The van der Waals surface area contributed by atoms with E-state index >= 15 is 0 Å². The molecule has 0 aliphatic heterocycles. The minimum absolute atomic E-state index is 0.0614. The lowest BCUT2D eigenvalue weighted by Gasteiger charge is -2.35. The molecule has 0 aromatic heterocycles. The lowest BCUT2D eigenvalue weighted by Crippen LogP contribution is -2.47. The van der Waals surface area contributed by atoms with Crippen LogP contribution in [0, 0.1) is 11.8 Å². The monoisotopic (exact) mass is 446 g/mol. The highest BCUT2D eigenvalue weighted by Crippen LogP contribution is 2.46. The molecule has 0 aromatic carbocycles. The summed E-state index contributed by atoms with van der Waals surface area (Å²) in [5, 5.41) is 0. The lowest BCUT2D eigenvalue weighted by atomic mass is 9.76. The molecule has 176 valence electrons. The van der Waals surface area contributed by atoms with Crippen molar-refractivity contribution in [1.29, 1.82) is 0 Å². The third-order valence-corrected chi connectivity index (χ3v) is 5.89. The van der Waals surface area contributed by atoms with Crippen LogP contribution in [-0.2, 0) is 33.4 Å². The fourth-order valence-corrected chi connectivity index (χ4v) is 4.36. The predicted octanol–water partition coefficient (Wildman–Crippen LogP) is 4.01. The topological polar surface area (TPSA) is 96.0 Å². The van der Waals surface area contributed by atoms with Gasteiger partial charge in [-0.05, 0) is 37.3 Å². The fraction of sp³-hybridized carbons (Fsp3) is 0.600. The first-order chi connectivity index (χ1) is 15.2. The quantitative estimate of drug-likeness (QED) is 0.193. The average Bonchev–Trinajstić information content (AvgIpc) is 2.89. The summed E-state index contributed by atoms with van der Waals surface area (Å²) in [7, 11) is 1.29. The van der Waals surface area contributed by atoms with Crippen LogP contribution < -0.4 is 0 Å². The third-order valence-electron chi connectivity index (χ3n) is 5.89. The number of esters is 3. The number of fused-ring (bicyclic) bond motifs is 2. The van der Waals surface area contributed by atoms with Gasteiger partial charge in [-0.3, -0.25) is 19.2 Å². The molecule has 2 bridgehead atoms. The normalized spacial score (nSPS) is 24.9. The number of unbranched alkanes of at least 4 members (excludes halogenated alkanes) is 3. The van der Waals surface area contributed by atoms with Crippen LogP contribution in [0.15, 0.2) is 36.0 Å². The zero-order chi connectivity index (χ0) is 23.7. The Bertz CT molecular complexity index is 807. The molecule has 0 saturated carbocycles. The van der Waals surface area contributed by atoms with Crippen molar-refractivity contribution in [3.63, 3.8) is 0 Å². The van der Waals surface area contributed by atoms with Gasteiger partial charge in [0.15, 0.2) is 5.78 Å². The van der Waals surface area contributed by atoms with Crippen molar-refractivity contribution < 1.29 is 33.4 Å². The second-order valence-corrected chi connectivity index (χ2v) is 8.28. The Labute approximate surface area is 189 Å². The molecule has 0 saturated heterocycles. The number of Topliss-reactive ketones (excluding diaryl/α,β-unsaturated/α-hetero) is 1. The van der Waals surface area contributed by atoms with Crippen molar-refractivity contribution in [3.05, 3.63) is 36.0 Å². The highest BCUT2D eigenvalue weighted by molar-refractivity contribution is 6.02. The predicted molar refractivity (Wildman–Crippen MR) is 118 cm³/mol. The average molecular weight is 447 g/mol. The molecule has 0 radical (unpaired) electrons. The van der Waals surface area contributed by atoms with Gasteiger partial charge in [-0.1, -0.05) is 44.1 Å². The highest BCUT2D eigenvalue weighted by atomic mass is 16.6. The second-order valence-electron chi connectivity index (χ2n) is 8.28. The summed E-state index contributed by atoms with van der Waals surface area (Å²) in [5.41, 5.74) is -0.702. The molecule has 0 fully saturated rings. The van der Waals surface area contributed by atoms with E-state index in [1.165, 1.54) is 27.4 Å². The summed E-state index contributed by atoms with van der Waals surface area (Å²) in [6.07, 6.45) is 13.8. The van der Waals surface area contributed by atoms with Gasteiger partial charge >= 0.3 is 17.9 Å². The van der Waals surface area contributed by atoms with E-state index in [1.54, 1.807) is 12.2 Å². The van der Waals surface area contributed by atoms with E-state index in [1.807, 2.05) is 12.2 Å². The molecule has 7 heteroatoms. The van der Waals surface area contributed by atoms with E-state index in [-0.39, 0.29) is 18.6 Å². The van der Waals surface area contributed by atoms with Crippen molar-refractivity contribution in [2.45, 2.75) is 77.4 Å². The minimum Gasteiger partial charge on any atom is -0.469 e. The molecular formula is C25H34O7. The standard InChI is InChI=1S/C25H34O7/c1-5-6-7-8-9-10-11-19-16-21-20(14-15-25(19,24(21)29)32-18(3)27)22(31-17(2)26)12-13-23(28)30-4/h9-10,14-16,20-22H,5-8,11-13H2,1-4H3/b10-9-/t20?,21?,22-,25+/m1/s1. The summed E-state index contributed by atoms with van der Waals surface area (Å²) in [4.78, 5) is 48.5. The number of carbonyl (C=O) groups excluding carboxylic acids is 4. The first-order valence-corrected chi connectivity index (χ1v) is 11.3. The zero-order valence-electron chi connectivity index (χ0n) is 19.4. The van der Waals surface area contributed by atoms with Crippen LogP contribution in [0.5, 0.6) is 0 Å². The number of hydrogen-bond acceptors (Lipinski definition) is 7. The fourth-order valence-electron chi connectivity index (χ4n) is 4.36. The number of allylic oxidation sites excluding steroid dienone is 3. The molecule has 2 rings (SSSR count). The van der Waals surface area contributed by atoms with Crippen LogP contribution in [0.1, 0.15) is 65.7 Å². The molecule has 0 N–H and O–H groups in total. The minimum atomic E-state index is -1.41. The van der Waals surface area contributed by atoms with Crippen molar-refractivity contribution >= 4 is 23.7 Å². The maximum atomic E-state index is 13.4. The summed E-state index contributed by atoms with van der Waals surface area (Å²) in [6, 6.07) is 0. The molecule has 0 amide bonds. The zero-order valence-corrected chi connectivity index (χ0v) is 19.4. The third kappa shape index (κ3) is 6.17. The van der Waals surface area contributed by atoms with Crippen molar-refractivity contribution in [2.24, 2.45) is 11.8 Å². The van der Waals surface area contributed by atoms with Crippen LogP contribution in [0.25, 0.3) is 0 Å². The molecule has 0 heterocycles. The molecule has 4 atom stereocenters. The maximum absolute atomic E-state index is 13.4. The molecule has 32 heavy (non-hydrogen) atoms. The Morgan fingerprint density at radius 2 is 1.91 bits per heavy atom. The number of methoxy groups -OCH3 is 1. The van der Waals surface area contributed by atoms with Gasteiger partial charge in [0.05, 0.1) is 13.0 Å². The largest absolute Gasteiger partial charge is 0.469 e. The number of ketones is 1. The van der Waals surface area contributed by atoms with Gasteiger partial charge in [-0.2, -0.15) is 0 Å². The Kier molecular flexibility index (Phi) is 9.42. The summed E-state index contributed by atoms with van der Waals surface area (Å²) < 4.78 is 15.7. The molecule has 7 nitrogen and oxygen atoms in total. The van der Waals surface area contributed by atoms with Gasteiger partial charge in [0.1, 0.15) is 6.10 Å². The molecule has 2 aliphatic carbocycles. The molecule has 2 aliphatic rings. The van der Waals surface area contributed by atoms with E-state index in [0.717, 1.165) is 19.3 Å². The summed E-state index contributed by atoms with van der Waals surface area (Å²) >= 11 is 0. The van der Waals surface area contributed by atoms with Crippen LogP contribution in [0.2, 0.25) is 0 Å². The van der Waals surface area contributed by atoms with Gasteiger partial charge in [0.25, 0.3) is 0 Å². The van der Waals surface area contributed by atoms with Crippen molar-refractivity contribution in [1.82, 2.24) is 0 Å². The Balaban J connectivity index is 2.27. The number of ether oxygens (including phenoxy) is 3. The van der Waals surface area contributed by atoms with Crippen LogP contribution in [0.3, 0.4) is 0 Å². The van der Waals surface area contributed by atoms with Gasteiger partial charge in [0.2, 0.25) is 5.60 Å². The van der Waals surface area contributed by atoms with Crippen molar-refractivity contribution in [3.8, 4) is 0 Å². The Morgan fingerprint density at radius 3 is 2.53 bits per heavy atom. The maximum Gasteiger partial charge on any atom is 0.305 e. The van der Waals surface area contributed by atoms with Gasteiger partial charge in [-0.25, -0.2) is 0 Å². The van der Waals surface area contributed by atoms with E-state index < -0.39 is 41.4 Å². The molecule has 0 spiro atoms. The second kappa shape index (κ2) is 11.8. The molecule has 2 unspecified atom stereocenters. The van der Waals surface area contributed by atoms with Gasteiger partial charge in [0, 0.05) is 26.2 Å². The van der Waals surface area contributed by atoms with Crippen molar-refractivity contribution in [2.75, 3.05) is 7.11 Å². The first kappa shape index (κ1) is 25.6. The first-order valence-electron chi connectivity index (χ1n) is 11.3. The van der Waals surface area contributed by atoms with E-state index in [0.29, 0.717) is 12.0 Å². The van der Waals surface area contributed by atoms with Gasteiger partial charge < -0.3 is 14.2 Å². The highest BCUT2D eigenvalue weighted by Gasteiger charge is 2.56. The van der Waals surface area contributed by atoms with Crippen LogP contribution in [0.4, 0.5) is 0 Å². The summed E-state index contributed by atoms with van der Waals surface area (Å²) in [6.45, 7) is 4.73. The van der Waals surface area contributed by atoms with E-state index in [2.05, 4.69) is 13.0 Å². The van der Waals surface area contributed by atoms with E-state index in [4.69, 9.17) is 14.2 Å². The summed E-state index contributed by atoms with van der Waals surface area (Å²) in [5.74, 6) is -2.75. The van der Waals surface area contributed by atoms with Gasteiger partial charge in [-0.15, -0.1) is 0 Å². The lowest BCUT2D eigenvalue weighted by molar-refractivity contribution is -0.160. The smallest absolute Gasteiger partial charge is 0.305 e.